The van der Waals surface area contributed by atoms with Crippen molar-refractivity contribution in [3.05, 3.63) is 46.1 Å². The Labute approximate surface area is 185 Å². The Balaban J connectivity index is 1.64. The molecule has 0 aliphatic carbocycles. The summed E-state index contributed by atoms with van der Waals surface area (Å²) in [7, 11) is 1.44. The minimum absolute atomic E-state index is 0.408. The van der Waals surface area contributed by atoms with Gasteiger partial charge in [0.15, 0.2) is 29.3 Å². The van der Waals surface area contributed by atoms with E-state index in [0.717, 1.165) is 9.13 Å². The number of aliphatic hydroxyl groups is 2. The number of imidazole rings is 1. The van der Waals surface area contributed by atoms with Crippen LogP contribution in [0.25, 0.3) is 11.2 Å². The number of hydrogen-bond donors (Lipinski definition) is 4. The van der Waals surface area contributed by atoms with Crippen LogP contribution in [0.2, 0.25) is 0 Å². The van der Waals surface area contributed by atoms with Gasteiger partial charge in [-0.25, -0.2) is 15.0 Å². The van der Waals surface area contributed by atoms with Crippen molar-refractivity contribution in [2.24, 2.45) is 0 Å². The van der Waals surface area contributed by atoms with Gasteiger partial charge >= 0.3 is 0 Å². The summed E-state index contributed by atoms with van der Waals surface area (Å²) in [6.45, 7) is 1.96. The van der Waals surface area contributed by atoms with Gasteiger partial charge in [-0.15, -0.1) is 0 Å². The van der Waals surface area contributed by atoms with Crippen molar-refractivity contribution >= 4 is 45.5 Å². The van der Waals surface area contributed by atoms with E-state index in [2.05, 4.69) is 54.2 Å². The van der Waals surface area contributed by atoms with Crippen LogP contribution in [0, 0.1) is 3.57 Å². The number of nitrogens with zero attached hydrogens (tertiary/aromatic N) is 4. The Bertz CT molecular complexity index is 1090. The Kier molecular flexibility index (Phi) is 5.61. The molecule has 1 aliphatic heterocycles. The molecule has 2 aromatic heterocycles. The third-order valence-corrected chi connectivity index (χ3v) is 5.80. The van der Waals surface area contributed by atoms with E-state index in [-0.39, 0.29) is 0 Å². The summed E-state index contributed by atoms with van der Waals surface area (Å²) in [6, 6.07) is 8.07. The zero-order chi connectivity index (χ0) is 21.5. The number of aromatic nitrogens is 4. The Morgan fingerprint density at radius 1 is 1.37 bits per heavy atom. The summed E-state index contributed by atoms with van der Waals surface area (Å²) in [5.74, 6) is 0.00261. The van der Waals surface area contributed by atoms with Crippen LogP contribution in [0.5, 0.6) is 0 Å². The molecule has 4 N–H and O–H groups in total. The number of rotatable bonds is 5. The zero-order valence-corrected chi connectivity index (χ0v) is 18.4. The van der Waals surface area contributed by atoms with Gasteiger partial charge in [0.25, 0.3) is 5.91 Å². The van der Waals surface area contributed by atoms with Crippen molar-refractivity contribution in [2.45, 2.75) is 37.5 Å². The molecule has 10 nitrogen and oxygen atoms in total. The highest BCUT2D eigenvalue weighted by molar-refractivity contribution is 14.1. The van der Waals surface area contributed by atoms with Gasteiger partial charge in [0.1, 0.15) is 18.0 Å². The number of halogens is 1. The number of ether oxygens (including phenoxy) is 1. The minimum atomic E-state index is -1.73. The normalized spacial score (nSPS) is 26.1. The topological polar surface area (TPSA) is 134 Å². The number of benzene rings is 1. The quantitative estimate of drug-likeness (QED) is 0.361. The van der Waals surface area contributed by atoms with Crippen LogP contribution < -0.4 is 10.6 Å². The number of hydrogen-bond acceptors (Lipinski definition) is 8. The maximum atomic E-state index is 12.0. The van der Waals surface area contributed by atoms with Gasteiger partial charge in [0.2, 0.25) is 0 Å². The summed E-state index contributed by atoms with van der Waals surface area (Å²) in [4.78, 5) is 24.9. The average molecular weight is 524 g/mol. The van der Waals surface area contributed by atoms with E-state index in [9.17, 15) is 15.0 Å². The smallest absolute Gasteiger partial charge is 0.251 e. The molecule has 30 heavy (non-hydrogen) atoms. The molecule has 11 heteroatoms. The maximum absolute atomic E-state index is 12.0. The molecule has 1 unspecified atom stereocenters. The third kappa shape index (κ3) is 3.62. The number of anilines is 1. The summed E-state index contributed by atoms with van der Waals surface area (Å²) in [5.41, 5.74) is 0.252. The number of fused-ring (bicyclic) bond motifs is 1. The predicted molar refractivity (Wildman–Crippen MR) is 116 cm³/mol. The highest BCUT2D eigenvalue weighted by Crippen LogP contribution is 2.39. The molecule has 1 aromatic carbocycles. The first kappa shape index (κ1) is 20.9. The molecule has 4 rings (SSSR count). The molecule has 0 bridgehead atoms. The summed E-state index contributed by atoms with van der Waals surface area (Å²) in [5, 5.41) is 27.0. The molecule has 1 saturated heterocycles. The Hall–Kier alpha value is -2.35. The SMILES string of the molecule is CNC(=O)[C@H]1OC(n2cnc3c(NCc4cccc(I)c4)ncnc32)[C@](C)(O)[C@@H]1O. The van der Waals surface area contributed by atoms with Gasteiger partial charge in [0, 0.05) is 17.2 Å². The predicted octanol–water partition coefficient (Wildman–Crippen LogP) is 0.798. The molecule has 0 radical (unpaired) electrons. The summed E-state index contributed by atoms with van der Waals surface area (Å²) < 4.78 is 8.34. The first-order chi connectivity index (χ1) is 14.3. The van der Waals surface area contributed by atoms with E-state index in [0.29, 0.717) is 23.5 Å². The number of nitrogens with one attached hydrogen (secondary N) is 2. The lowest BCUT2D eigenvalue weighted by atomic mass is 9.96. The van der Waals surface area contributed by atoms with Gasteiger partial charge in [-0.3, -0.25) is 9.36 Å². The van der Waals surface area contributed by atoms with Crippen LogP contribution in [-0.4, -0.2) is 60.5 Å². The number of aliphatic hydroxyl groups excluding tert-OH is 1. The van der Waals surface area contributed by atoms with E-state index in [1.54, 1.807) is 0 Å². The molecule has 1 amide bonds. The van der Waals surface area contributed by atoms with Crippen LogP contribution in [0.4, 0.5) is 5.82 Å². The van der Waals surface area contributed by atoms with Gasteiger partial charge < -0.3 is 25.6 Å². The Morgan fingerprint density at radius 3 is 2.90 bits per heavy atom. The van der Waals surface area contributed by atoms with Crippen LogP contribution >= 0.6 is 22.6 Å². The molecule has 1 fully saturated rings. The second kappa shape index (κ2) is 8.06. The fourth-order valence-electron chi connectivity index (χ4n) is 3.48. The standard InChI is InChI=1S/C19H21IN6O4/c1-19(29)14(27)13(17(28)21-2)30-18(19)26-9-25-12-15(23-8-24-16(12)26)22-7-10-4-3-5-11(20)6-10/h3-6,8-9,13-14,18,27,29H,7H2,1-2H3,(H,21,28)(H,22,23,24)/t13-,14+,18?,19+/m0/s1. The molecule has 1 aliphatic rings. The first-order valence-electron chi connectivity index (χ1n) is 9.26. The molecule has 3 heterocycles. The van der Waals surface area contributed by atoms with E-state index in [4.69, 9.17) is 4.74 Å². The van der Waals surface area contributed by atoms with Crippen LogP contribution in [-0.2, 0) is 16.1 Å². The van der Waals surface area contributed by atoms with Crippen molar-refractivity contribution in [3.8, 4) is 0 Å². The van der Waals surface area contributed by atoms with Crippen molar-refractivity contribution in [1.29, 1.82) is 0 Å². The van der Waals surface area contributed by atoms with E-state index in [1.165, 1.54) is 31.2 Å². The monoisotopic (exact) mass is 524 g/mol. The molecule has 4 atom stereocenters. The van der Waals surface area contributed by atoms with Gasteiger partial charge in [-0.2, -0.15) is 0 Å². The number of amides is 1. The van der Waals surface area contributed by atoms with Crippen molar-refractivity contribution in [2.75, 3.05) is 12.4 Å². The second-order valence-corrected chi connectivity index (χ2v) is 8.47. The van der Waals surface area contributed by atoms with E-state index in [1.807, 2.05) is 18.2 Å². The van der Waals surface area contributed by atoms with Gasteiger partial charge in [-0.05, 0) is 47.2 Å². The van der Waals surface area contributed by atoms with E-state index < -0.39 is 29.9 Å². The maximum Gasteiger partial charge on any atom is 0.251 e. The Morgan fingerprint density at radius 2 is 2.17 bits per heavy atom. The molecular formula is C19H21IN6O4. The lowest BCUT2D eigenvalue weighted by Crippen LogP contribution is -2.47. The van der Waals surface area contributed by atoms with Crippen LogP contribution in [0.15, 0.2) is 36.9 Å². The number of likely N-dealkylation sites (N-methyl/N-ethyl adjacent to an activating group) is 1. The largest absolute Gasteiger partial charge is 0.387 e. The van der Waals surface area contributed by atoms with Gasteiger partial charge in [-0.1, -0.05) is 12.1 Å². The van der Waals surface area contributed by atoms with Crippen LogP contribution in [0.3, 0.4) is 0 Å². The highest BCUT2D eigenvalue weighted by atomic mass is 127. The number of carbonyl (C=O) groups is 1. The number of carbonyl (C=O) groups excluding carboxylic acids is 1. The summed E-state index contributed by atoms with van der Waals surface area (Å²) >= 11 is 2.26. The highest BCUT2D eigenvalue weighted by Gasteiger charge is 2.55. The fourth-order valence-corrected chi connectivity index (χ4v) is 4.09. The van der Waals surface area contributed by atoms with E-state index >= 15 is 0 Å². The minimum Gasteiger partial charge on any atom is -0.387 e. The van der Waals surface area contributed by atoms with Crippen molar-refractivity contribution in [3.63, 3.8) is 0 Å². The molecular weight excluding hydrogens is 503 g/mol. The molecule has 0 spiro atoms. The molecule has 158 valence electrons. The van der Waals surface area contributed by atoms with Crippen molar-refractivity contribution in [1.82, 2.24) is 24.8 Å². The first-order valence-corrected chi connectivity index (χ1v) is 10.3. The molecule has 3 aromatic rings. The third-order valence-electron chi connectivity index (χ3n) is 5.13. The van der Waals surface area contributed by atoms with Crippen LogP contribution in [0.1, 0.15) is 18.7 Å². The lowest BCUT2D eigenvalue weighted by molar-refractivity contribution is -0.137. The fraction of sp³-hybridized carbons (Fsp3) is 0.368. The average Bonchev–Trinajstić information content (AvgIpc) is 3.25. The second-order valence-electron chi connectivity index (χ2n) is 7.22. The van der Waals surface area contributed by atoms with Gasteiger partial charge in [0.05, 0.1) is 6.33 Å². The lowest BCUT2D eigenvalue weighted by Gasteiger charge is -2.27. The summed E-state index contributed by atoms with van der Waals surface area (Å²) in [6.07, 6.45) is -0.854. The zero-order valence-electron chi connectivity index (χ0n) is 16.3. The molecule has 0 saturated carbocycles. The van der Waals surface area contributed by atoms with Crippen molar-refractivity contribution < 1.29 is 19.7 Å².